The van der Waals surface area contributed by atoms with E-state index in [4.69, 9.17) is 22.9 Å². The average molecular weight is 332 g/mol. The average Bonchev–Trinajstić information content (AvgIpc) is 2.47. The number of hydrazone groups is 1. The predicted molar refractivity (Wildman–Crippen MR) is 99.7 cm³/mol. The van der Waals surface area contributed by atoms with Crippen molar-refractivity contribution >= 4 is 45.7 Å². The maximum atomic E-state index is 5.41. The Morgan fingerprint density at radius 1 is 1.41 bits per heavy atom. The van der Waals surface area contributed by atoms with E-state index < -0.39 is 0 Å². The molecule has 0 radical (unpaired) electrons. The number of hydrogen-bond acceptors (Lipinski definition) is 4. The van der Waals surface area contributed by atoms with Crippen LogP contribution in [0.2, 0.25) is 0 Å². The summed E-state index contributed by atoms with van der Waals surface area (Å²) in [7, 11) is 0. The fourth-order valence-corrected chi connectivity index (χ4v) is 3.34. The van der Waals surface area contributed by atoms with Gasteiger partial charge in [-0.2, -0.15) is 5.10 Å². The molecule has 3 N–H and O–H groups in total. The summed E-state index contributed by atoms with van der Waals surface area (Å²) in [5, 5.41) is 5.57. The van der Waals surface area contributed by atoms with Crippen LogP contribution in [-0.4, -0.2) is 22.1 Å². The summed E-state index contributed by atoms with van der Waals surface area (Å²) in [6.45, 7) is 6.10. The molecule has 2 aromatic rings. The minimum absolute atomic E-state index is 0.174. The van der Waals surface area contributed by atoms with Crippen LogP contribution >= 0.6 is 24.0 Å². The van der Waals surface area contributed by atoms with Crippen molar-refractivity contribution < 1.29 is 0 Å². The van der Waals surface area contributed by atoms with Gasteiger partial charge in [-0.05, 0) is 50.4 Å². The van der Waals surface area contributed by atoms with Crippen molar-refractivity contribution in [3.63, 3.8) is 0 Å². The molecule has 0 fully saturated rings. The highest BCUT2D eigenvalue weighted by molar-refractivity contribution is 7.98. The minimum Gasteiger partial charge on any atom is -0.375 e. The Morgan fingerprint density at radius 2 is 2.14 bits per heavy atom. The van der Waals surface area contributed by atoms with Crippen LogP contribution in [0, 0.1) is 13.8 Å². The highest BCUT2D eigenvalue weighted by atomic mass is 32.2. The van der Waals surface area contributed by atoms with Crippen LogP contribution in [0.25, 0.3) is 10.9 Å². The number of pyridine rings is 1. The first-order valence-corrected chi connectivity index (χ1v) is 8.58. The van der Waals surface area contributed by atoms with Crippen molar-refractivity contribution in [1.82, 2.24) is 10.4 Å². The summed E-state index contributed by atoms with van der Waals surface area (Å²) in [5.41, 5.74) is 13.5. The molecule has 2 rings (SSSR count). The van der Waals surface area contributed by atoms with Gasteiger partial charge in [0.25, 0.3) is 0 Å². The summed E-state index contributed by atoms with van der Waals surface area (Å²) in [6.07, 6.45) is 2.81. The van der Waals surface area contributed by atoms with Gasteiger partial charge in [-0.15, -0.1) is 11.8 Å². The zero-order valence-electron chi connectivity index (χ0n) is 13.2. The van der Waals surface area contributed by atoms with E-state index in [1.165, 1.54) is 21.4 Å². The van der Waals surface area contributed by atoms with Gasteiger partial charge in [0.2, 0.25) is 0 Å². The van der Waals surface area contributed by atoms with Crippen molar-refractivity contribution in [2.24, 2.45) is 10.8 Å². The van der Waals surface area contributed by atoms with E-state index in [2.05, 4.69) is 48.8 Å². The molecule has 0 spiro atoms. The maximum Gasteiger partial charge on any atom is 0.184 e. The number of thiocarbonyl (C=S) groups is 1. The predicted octanol–water partition coefficient (Wildman–Crippen LogP) is 3.33. The van der Waals surface area contributed by atoms with Crippen LogP contribution in [0.4, 0.5) is 0 Å². The molecule has 0 aliphatic rings. The normalized spacial score (nSPS) is 11.7. The lowest BCUT2D eigenvalue weighted by Crippen LogP contribution is -2.25. The Bertz CT molecular complexity index is 753. The Kier molecular flexibility index (Phi) is 5.37. The molecule has 0 saturated carbocycles. The Morgan fingerprint density at radius 3 is 2.77 bits per heavy atom. The van der Waals surface area contributed by atoms with Gasteiger partial charge in [-0.3, -0.25) is 10.4 Å². The van der Waals surface area contributed by atoms with Crippen LogP contribution in [0.5, 0.6) is 0 Å². The van der Waals surface area contributed by atoms with Gasteiger partial charge in [-0.1, -0.05) is 18.2 Å². The van der Waals surface area contributed by atoms with Gasteiger partial charge in [0.05, 0.1) is 5.52 Å². The fraction of sp³-hybridized carbons (Fsp3) is 0.312. The number of aryl methyl sites for hydroxylation is 2. The van der Waals surface area contributed by atoms with E-state index in [-0.39, 0.29) is 5.11 Å². The van der Waals surface area contributed by atoms with Crippen LogP contribution in [-0.2, 0) is 6.42 Å². The first kappa shape index (κ1) is 16.7. The van der Waals surface area contributed by atoms with Crippen molar-refractivity contribution in [2.45, 2.75) is 32.1 Å². The van der Waals surface area contributed by atoms with Crippen LogP contribution in [0.1, 0.15) is 23.7 Å². The smallest absolute Gasteiger partial charge is 0.184 e. The number of para-hydroxylation sites is 1. The summed E-state index contributed by atoms with van der Waals surface area (Å²) in [4.78, 5) is 6.05. The Hall–Kier alpha value is -1.66. The third-order valence-electron chi connectivity index (χ3n) is 3.47. The second-order valence-electron chi connectivity index (χ2n) is 5.18. The molecule has 1 aromatic carbocycles. The van der Waals surface area contributed by atoms with Gasteiger partial charge in [0, 0.05) is 28.1 Å². The van der Waals surface area contributed by atoms with E-state index in [9.17, 15) is 0 Å². The van der Waals surface area contributed by atoms with E-state index in [1.807, 2.05) is 6.92 Å². The molecule has 0 aliphatic carbocycles. The standard InChI is InChI=1S/C16H20N4S2/c1-9-6-5-7-12-14(9)18-11(3)13(15(12)22-4)8-10(2)19-20-16(17)21/h5-7H,8H2,1-4H3,(H3,17,20,21). The molecule has 0 aliphatic heterocycles. The minimum atomic E-state index is 0.174. The summed E-state index contributed by atoms with van der Waals surface area (Å²) in [6, 6.07) is 6.30. The quantitative estimate of drug-likeness (QED) is 0.389. The van der Waals surface area contributed by atoms with E-state index >= 15 is 0 Å². The molecular weight excluding hydrogens is 312 g/mol. The summed E-state index contributed by atoms with van der Waals surface area (Å²) >= 11 is 6.52. The third-order valence-corrected chi connectivity index (χ3v) is 4.43. The molecule has 6 heteroatoms. The molecule has 1 aromatic heterocycles. The Labute approximate surface area is 140 Å². The molecule has 1 heterocycles. The zero-order chi connectivity index (χ0) is 16.3. The maximum absolute atomic E-state index is 5.41. The fourth-order valence-electron chi connectivity index (χ4n) is 2.44. The van der Waals surface area contributed by atoms with Crippen molar-refractivity contribution in [3.05, 3.63) is 35.0 Å². The highest BCUT2D eigenvalue weighted by Gasteiger charge is 2.14. The van der Waals surface area contributed by atoms with Gasteiger partial charge < -0.3 is 5.73 Å². The second-order valence-corrected chi connectivity index (χ2v) is 6.44. The number of fused-ring (bicyclic) bond motifs is 1. The topological polar surface area (TPSA) is 63.3 Å². The number of thioether (sulfide) groups is 1. The first-order chi connectivity index (χ1) is 10.4. The largest absolute Gasteiger partial charge is 0.375 e. The number of rotatable bonds is 4. The molecular formula is C16H20N4S2. The summed E-state index contributed by atoms with van der Waals surface area (Å²) in [5.74, 6) is 0. The molecule has 0 amide bonds. The third kappa shape index (κ3) is 3.56. The van der Waals surface area contributed by atoms with Crippen molar-refractivity contribution in [2.75, 3.05) is 6.26 Å². The van der Waals surface area contributed by atoms with Crippen LogP contribution in [0.15, 0.2) is 28.2 Å². The SMILES string of the molecule is CSc1c(CC(C)=NNC(N)=S)c(C)nc2c(C)cccc12. The Balaban J connectivity index is 2.52. The molecule has 0 unspecified atom stereocenters. The number of hydrogen-bond donors (Lipinski definition) is 2. The van der Waals surface area contributed by atoms with Crippen LogP contribution < -0.4 is 11.2 Å². The lowest BCUT2D eigenvalue weighted by molar-refractivity contribution is 1.00. The zero-order valence-corrected chi connectivity index (χ0v) is 14.9. The number of nitrogens with two attached hydrogens (primary N) is 1. The molecule has 116 valence electrons. The van der Waals surface area contributed by atoms with Gasteiger partial charge >= 0.3 is 0 Å². The number of benzene rings is 1. The molecule has 0 atom stereocenters. The number of aromatic nitrogens is 1. The first-order valence-electron chi connectivity index (χ1n) is 6.95. The molecule has 0 bridgehead atoms. The van der Waals surface area contributed by atoms with E-state index in [0.717, 1.165) is 16.9 Å². The monoisotopic (exact) mass is 332 g/mol. The molecule has 4 nitrogen and oxygen atoms in total. The van der Waals surface area contributed by atoms with Gasteiger partial charge in [-0.25, -0.2) is 0 Å². The highest BCUT2D eigenvalue weighted by Crippen LogP contribution is 2.32. The number of nitrogens with zero attached hydrogens (tertiary/aromatic N) is 2. The van der Waals surface area contributed by atoms with E-state index in [0.29, 0.717) is 6.42 Å². The van der Waals surface area contributed by atoms with Crippen molar-refractivity contribution in [1.29, 1.82) is 0 Å². The lowest BCUT2D eigenvalue weighted by atomic mass is 10.0. The van der Waals surface area contributed by atoms with Crippen LogP contribution in [0.3, 0.4) is 0 Å². The molecule has 22 heavy (non-hydrogen) atoms. The number of nitrogens with one attached hydrogen (secondary N) is 1. The van der Waals surface area contributed by atoms with Gasteiger partial charge in [0.15, 0.2) is 5.11 Å². The van der Waals surface area contributed by atoms with E-state index in [1.54, 1.807) is 11.8 Å². The molecule has 0 saturated heterocycles. The second kappa shape index (κ2) is 7.07. The van der Waals surface area contributed by atoms with Gasteiger partial charge in [0.1, 0.15) is 0 Å². The summed E-state index contributed by atoms with van der Waals surface area (Å²) < 4.78 is 0. The lowest BCUT2D eigenvalue weighted by Gasteiger charge is -2.15. The van der Waals surface area contributed by atoms with Crippen molar-refractivity contribution in [3.8, 4) is 0 Å².